The molecule has 0 fully saturated rings. The Balaban J connectivity index is 2.16. The maximum Gasteiger partial charge on any atom is 0.150 e. The van der Waals surface area contributed by atoms with E-state index in [1.807, 2.05) is 24.3 Å². The van der Waals surface area contributed by atoms with Gasteiger partial charge in [0.05, 0.1) is 10.0 Å². The lowest BCUT2D eigenvalue weighted by Crippen LogP contribution is -2.02. The Morgan fingerprint density at radius 1 is 0.944 bits per heavy atom. The van der Waals surface area contributed by atoms with E-state index in [1.54, 1.807) is 6.07 Å². The monoisotopic (exact) mass is 320 g/mol. The molecule has 1 heterocycles. The molecule has 0 aliphatic rings. The maximum absolute atomic E-state index is 6.05. The SMILES string of the molecule is Clc1ccccc1CNc1nc(Cl)c(Cl)cc1Cl. The van der Waals surface area contributed by atoms with Gasteiger partial charge in [0.1, 0.15) is 11.0 Å². The van der Waals surface area contributed by atoms with Gasteiger partial charge in [-0.05, 0) is 17.7 Å². The Kier molecular flexibility index (Phi) is 4.57. The molecule has 0 bridgehead atoms. The molecule has 0 saturated heterocycles. The van der Waals surface area contributed by atoms with Gasteiger partial charge in [0, 0.05) is 11.6 Å². The molecule has 18 heavy (non-hydrogen) atoms. The van der Waals surface area contributed by atoms with Gasteiger partial charge >= 0.3 is 0 Å². The molecular formula is C12H8Cl4N2. The number of anilines is 1. The van der Waals surface area contributed by atoms with Crippen LogP contribution in [0.25, 0.3) is 0 Å². The highest BCUT2D eigenvalue weighted by molar-refractivity contribution is 6.42. The molecule has 0 atom stereocenters. The fourth-order valence-corrected chi connectivity index (χ4v) is 2.16. The molecule has 1 aromatic carbocycles. The largest absolute Gasteiger partial charge is 0.365 e. The molecule has 0 aliphatic carbocycles. The summed E-state index contributed by atoms with van der Waals surface area (Å²) in [6.45, 7) is 0.504. The minimum absolute atomic E-state index is 0.211. The third kappa shape index (κ3) is 3.21. The van der Waals surface area contributed by atoms with Crippen molar-refractivity contribution in [3.63, 3.8) is 0 Å². The van der Waals surface area contributed by atoms with Crippen LogP contribution in [0, 0.1) is 0 Å². The van der Waals surface area contributed by atoms with E-state index in [2.05, 4.69) is 10.3 Å². The zero-order valence-electron chi connectivity index (χ0n) is 9.05. The second kappa shape index (κ2) is 5.98. The lowest BCUT2D eigenvalue weighted by Gasteiger charge is -2.09. The van der Waals surface area contributed by atoms with E-state index in [1.165, 1.54) is 0 Å². The third-order valence-electron chi connectivity index (χ3n) is 2.29. The minimum Gasteiger partial charge on any atom is -0.365 e. The van der Waals surface area contributed by atoms with E-state index in [0.717, 1.165) is 5.56 Å². The average molecular weight is 322 g/mol. The van der Waals surface area contributed by atoms with Gasteiger partial charge in [-0.1, -0.05) is 64.6 Å². The van der Waals surface area contributed by atoms with Gasteiger partial charge in [0.2, 0.25) is 0 Å². The van der Waals surface area contributed by atoms with E-state index in [4.69, 9.17) is 46.4 Å². The number of rotatable bonds is 3. The lowest BCUT2D eigenvalue weighted by molar-refractivity contribution is 1.11. The third-order valence-corrected chi connectivity index (χ3v) is 3.62. The normalized spacial score (nSPS) is 10.4. The predicted octanol–water partition coefficient (Wildman–Crippen LogP) is 5.31. The number of hydrogen-bond donors (Lipinski definition) is 1. The number of nitrogens with zero attached hydrogens (tertiary/aromatic N) is 1. The summed E-state index contributed by atoms with van der Waals surface area (Å²) in [6.07, 6.45) is 0. The minimum atomic E-state index is 0.211. The highest BCUT2D eigenvalue weighted by atomic mass is 35.5. The van der Waals surface area contributed by atoms with E-state index in [9.17, 15) is 0 Å². The number of hydrogen-bond acceptors (Lipinski definition) is 2. The summed E-state index contributed by atoms with van der Waals surface area (Å²) in [4.78, 5) is 4.06. The topological polar surface area (TPSA) is 24.9 Å². The van der Waals surface area contributed by atoms with Crippen LogP contribution in [0.2, 0.25) is 20.2 Å². The molecular weight excluding hydrogens is 314 g/mol. The number of pyridine rings is 1. The number of benzene rings is 1. The zero-order valence-corrected chi connectivity index (χ0v) is 12.1. The lowest BCUT2D eigenvalue weighted by atomic mass is 10.2. The Bertz CT molecular complexity index is 572. The summed E-state index contributed by atoms with van der Waals surface area (Å²) in [7, 11) is 0. The molecule has 0 radical (unpaired) electrons. The van der Waals surface area contributed by atoms with E-state index >= 15 is 0 Å². The van der Waals surface area contributed by atoms with Gasteiger partial charge < -0.3 is 5.32 Å². The van der Waals surface area contributed by atoms with Crippen LogP contribution in [0.15, 0.2) is 30.3 Å². The Labute approximate surface area is 125 Å². The molecule has 1 aromatic heterocycles. The maximum atomic E-state index is 6.05. The van der Waals surface area contributed by atoms with Crippen LogP contribution in [0.4, 0.5) is 5.82 Å². The Hall–Kier alpha value is -0.670. The fourth-order valence-electron chi connectivity index (χ4n) is 1.39. The van der Waals surface area contributed by atoms with Crippen LogP contribution in [0.3, 0.4) is 0 Å². The van der Waals surface area contributed by atoms with Gasteiger partial charge in [0.15, 0.2) is 0 Å². The van der Waals surface area contributed by atoms with Crippen molar-refractivity contribution in [2.75, 3.05) is 5.32 Å². The average Bonchev–Trinajstić information content (AvgIpc) is 2.34. The second-order valence-corrected chi connectivity index (χ2v) is 5.12. The summed E-state index contributed by atoms with van der Waals surface area (Å²) >= 11 is 23.7. The van der Waals surface area contributed by atoms with Gasteiger partial charge in [-0.3, -0.25) is 0 Å². The van der Waals surface area contributed by atoms with Crippen molar-refractivity contribution in [1.29, 1.82) is 0 Å². The van der Waals surface area contributed by atoms with Crippen LogP contribution >= 0.6 is 46.4 Å². The van der Waals surface area contributed by atoms with Crippen molar-refractivity contribution in [3.05, 3.63) is 56.1 Å². The summed E-state index contributed by atoms with van der Waals surface area (Å²) in [5.41, 5.74) is 0.947. The predicted molar refractivity (Wildman–Crippen MR) is 78.0 cm³/mol. The first-order valence-corrected chi connectivity index (χ1v) is 6.58. The van der Waals surface area contributed by atoms with Gasteiger partial charge in [-0.15, -0.1) is 0 Å². The number of nitrogens with one attached hydrogen (secondary N) is 1. The molecule has 1 N–H and O–H groups in total. The van der Waals surface area contributed by atoms with E-state index in [-0.39, 0.29) is 5.15 Å². The standard InChI is InChI=1S/C12H8Cl4N2/c13-8-4-2-1-3-7(8)6-17-12-10(15)5-9(14)11(16)18-12/h1-5H,6H2,(H,17,18). The first-order chi connectivity index (χ1) is 8.58. The number of halogens is 4. The molecule has 0 saturated carbocycles. The van der Waals surface area contributed by atoms with Gasteiger partial charge in [-0.2, -0.15) is 0 Å². The quantitative estimate of drug-likeness (QED) is 0.775. The van der Waals surface area contributed by atoms with Crippen molar-refractivity contribution < 1.29 is 0 Å². The van der Waals surface area contributed by atoms with Crippen molar-refractivity contribution in [2.24, 2.45) is 0 Å². The highest BCUT2D eigenvalue weighted by Crippen LogP contribution is 2.29. The molecule has 0 amide bonds. The highest BCUT2D eigenvalue weighted by Gasteiger charge is 2.08. The molecule has 94 valence electrons. The molecule has 0 unspecified atom stereocenters. The van der Waals surface area contributed by atoms with Gasteiger partial charge in [-0.25, -0.2) is 4.98 Å². The molecule has 2 aromatic rings. The van der Waals surface area contributed by atoms with Crippen LogP contribution in [-0.2, 0) is 6.54 Å². The molecule has 0 spiro atoms. The summed E-state index contributed by atoms with van der Waals surface area (Å²) in [6, 6.07) is 9.07. The fraction of sp³-hybridized carbons (Fsp3) is 0.0833. The van der Waals surface area contributed by atoms with Crippen molar-refractivity contribution in [1.82, 2.24) is 4.98 Å². The van der Waals surface area contributed by atoms with E-state index < -0.39 is 0 Å². The van der Waals surface area contributed by atoms with Crippen molar-refractivity contribution in [2.45, 2.75) is 6.54 Å². The molecule has 2 rings (SSSR count). The van der Waals surface area contributed by atoms with Gasteiger partial charge in [0.25, 0.3) is 0 Å². The summed E-state index contributed by atoms with van der Waals surface area (Å²) < 4.78 is 0. The Morgan fingerprint density at radius 2 is 1.67 bits per heavy atom. The van der Waals surface area contributed by atoms with Crippen LogP contribution in [0.1, 0.15) is 5.56 Å². The summed E-state index contributed by atoms with van der Waals surface area (Å²) in [5, 5.41) is 4.70. The van der Waals surface area contributed by atoms with Crippen LogP contribution in [-0.4, -0.2) is 4.98 Å². The second-order valence-electron chi connectivity index (χ2n) is 3.54. The van der Waals surface area contributed by atoms with Crippen LogP contribution in [0.5, 0.6) is 0 Å². The molecule has 2 nitrogen and oxygen atoms in total. The Morgan fingerprint density at radius 3 is 2.39 bits per heavy atom. The summed E-state index contributed by atoms with van der Waals surface area (Å²) in [5.74, 6) is 0.478. The van der Waals surface area contributed by atoms with E-state index in [0.29, 0.717) is 27.4 Å². The zero-order chi connectivity index (χ0) is 13.1. The van der Waals surface area contributed by atoms with Crippen LogP contribution < -0.4 is 5.32 Å². The first kappa shape index (κ1) is 13.8. The van der Waals surface area contributed by atoms with Crippen molar-refractivity contribution >= 4 is 52.2 Å². The van der Waals surface area contributed by atoms with Crippen molar-refractivity contribution in [3.8, 4) is 0 Å². The smallest absolute Gasteiger partial charge is 0.150 e. The number of aromatic nitrogens is 1. The first-order valence-electron chi connectivity index (χ1n) is 5.06. The molecule has 0 aliphatic heterocycles. The molecule has 6 heteroatoms.